The molecule has 5 heteroatoms. The molecule has 0 saturated carbocycles. The molecule has 0 radical (unpaired) electrons. The maximum Gasteiger partial charge on any atom is 0.161 e. The Kier molecular flexibility index (Phi) is 4.39. The van der Waals surface area contributed by atoms with Crippen LogP contribution >= 0.6 is 12.2 Å². The summed E-state index contributed by atoms with van der Waals surface area (Å²) in [5, 5.41) is 0. The minimum Gasteiger partial charge on any atom is -0.493 e. The Morgan fingerprint density at radius 2 is 1.80 bits per heavy atom. The molecule has 20 heavy (non-hydrogen) atoms. The number of ether oxygens (including phenoxy) is 2. The summed E-state index contributed by atoms with van der Waals surface area (Å²) < 4.78 is 11.2. The smallest absolute Gasteiger partial charge is 0.161 e. The average molecular weight is 290 g/mol. The summed E-state index contributed by atoms with van der Waals surface area (Å²) in [5.41, 5.74) is 1.91. The highest BCUT2D eigenvalue weighted by Gasteiger charge is 2.09. The van der Waals surface area contributed by atoms with Crippen molar-refractivity contribution in [3.05, 3.63) is 34.7 Å². The van der Waals surface area contributed by atoms with E-state index in [4.69, 9.17) is 21.7 Å². The van der Waals surface area contributed by atoms with Gasteiger partial charge in [0.1, 0.15) is 10.5 Å². The fourth-order valence-corrected chi connectivity index (χ4v) is 2.13. The molecule has 0 atom stereocenters. The molecule has 1 aromatic carbocycles. The van der Waals surface area contributed by atoms with Crippen molar-refractivity contribution in [2.45, 2.75) is 19.8 Å². The predicted octanol–water partition coefficient (Wildman–Crippen LogP) is 3.95. The third kappa shape index (κ3) is 2.99. The molecule has 4 nitrogen and oxygen atoms in total. The molecule has 2 rings (SSSR count). The lowest BCUT2D eigenvalue weighted by Crippen LogP contribution is -1.99. The van der Waals surface area contributed by atoms with Crippen LogP contribution in [0.3, 0.4) is 0 Å². The second-order valence-corrected chi connectivity index (χ2v) is 5.16. The highest BCUT2D eigenvalue weighted by molar-refractivity contribution is 7.71. The van der Waals surface area contributed by atoms with E-state index in [2.05, 4.69) is 23.8 Å². The fourth-order valence-electron chi connectivity index (χ4n) is 1.91. The minimum absolute atomic E-state index is 0.289. The van der Waals surface area contributed by atoms with Crippen molar-refractivity contribution >= 4 is 12.2 Å². The molecule has 0 fully saturated rings. The highest BCUT2D eigenvalue weighted by atomic mass is 32.1. The number of nitrogens with one attached hydrogen (secondary N) is 1. The van der Waals surface area contributed by atoms with Gasteiger partial charge in [0.25, 0.3) is 0 Å². The van der Waals surface area contributed by atoms with E-state index >= 15 is 0 Å². The standard InChI is InChI=1S/C15H18N2O2S/c1-9(2)15-16-11(8-14(20)17-15)10-5-6-12(18-3)13(7-10)19-4/h5-9H,1-4H3,(H,16,17,20). The molecule has 0 aliphatic carbocycles. The quantitative estimate of drug-likeness (QED) is 0.866. The molecule has 0 unspecified atom stereocenters. The summed E-state index contributed by atoms with van der Waals surface area (Å²) in [5.74, 6) is 2.55. The molecule has 0 amide bonds. The van der Waals surface area contributed by atoms with Gasteiger partial charge in [-0.3, -0.25) is 0 Å². The summed E-state index contributed by atoms with van der Waals surface area (Å²) in [6, 6.07) is 7.61. The summed E-state index contributed by atoms with van der Waals surface area (Å²) >= 11 is 5.23. The van der Waals surface area contributed by atoms with E-state index in [1.54, 1.807) is 14.2 Å². The number of aromatic nitrogens is 2. The zero-order chi connectivity index (χ0) is 14.7. The molecule has 2 aromatic rings. The van der Waals surface area contributed by atoms with Crippen molar-refractivity contribution in [3.8, 4) is 22.8 Å². The van der Waals surface area contributed by atoms with Gasteiger partial charge in [0, 0.05) is 17.2 Å². The van der Waals surface area contributed by atoms with Gasteiger partial charge in [0.15, 0.2) is 11.5 Å². The molecule has 0 aliphatic heterocycles. The van der Waals surface area contributed by atoms with Crippen molar-refractivity contribution in [2.75, 3.05) is 14.2 Å². The average Bonchev–Trinajstić information content (AvgIpc) is 2.45. The van der Waals surface area contributed by atoms with Crippen LogP contribution in [0.4, 0.5) is 0 Å². The number of hydrogen-bond acceptors (Lipinski definition) is 4. The number of rotatable bonds is 4. The SMILES string of the molecule is COc1ccc(-c2cc(=S)nc(C(C)C)[nH]2)cc1OC. The van der Waals surface area contributed by atoms with E-state index in [9.17, 15) is 0 Å². The van der Waals surface area contributed by atoms with Crippen LogP contribution in [0.2, 0.25) is 0 Å². The van der Waals surface area contributed by atoms with Crippen LogP contribution in [0.15, 0.2) is 24.3 Å². The topological polar surface area (TPSA) is 47.1 Å². The molecular formula is C15H18N2O2S. The zero-order valence-electron chi connectivity index (χ0n) is 12.1. The first-order valence-electron chi connectivity index (χ1n) is 6.38. The van der Waals surface area contributed by atoms with Crippen LogP contribution in [0, 0.1) is 4.64 Å². The van der Waals surface area contributed by atoms with Crippen molar-refractivity contribution in [3.63, 3.8) is 0 Å². The Balaban J connectivity index is 2.53. The second kappa shape index (κ2) is 6.05. The maximum absolute atomic E-state index is 5.33. The summed E-state index contributed by atoms with van der Waals surface area (Å²) in [6.45, 7) is 4.15. The van der Waals surface area contributed by atoms with Crippen LogP contribution in [0.1, 0.15) is 25.6 Å². The first-order chi connectivity index (χ1) is 9.55. The van der Waals surface area contributed by atoms with Gasteiger partial charge in [0.2, 0.25) is 0 Å². The number of H-pyrrole nitrogens is 1. The van der Waals surface area contributed by atoms with Crippen LogP contribution in [-0.4, -0.2) is 24.2 Å². The van der Waals surface area contributed by atoms with Crippen LogP contribution < -0.4 is 9.47 Å². The number of hydrogen-bond donors (Lipinski definition) is 1. The molecule has 106 valence electrons. The minimum atomic E-state index is 0.289. The van der Waals surface area contributed by atoms with E-state index in [-0.39, 0.29) is 5.92 Å². The Morgan fingerprint density at radius 1 is 1.10 bits per heavy atom. The fraction of sp³-hybridized carbons (Fsp3) is 0.333. The normalized spacial score (nSPS) is 10.7. The Morgan fingerprint density at radius 3 is 2.40 bits per heavy atom. The third-order valence-electron chi connectivity index (χ3n) is 3.00. The van der Waals surface area contributed by atoms with Crippen molar-refractivity contribution in [1.29, 1.82) is 0 Å². The Hall–Kier alpha value is -1.88. The highest BCUT2D eigenvalue weighted by Crippen LogP contribution is 2.31. The molecular weight excluding hydrogens is 272 g/mol. The summed E-state index contributed by atoms with van der Waals surface area (Å²) in [7, 11) is 3.24. The Bertz CT molecular complexity index is 665. The lowest BCUT2D eigenvalue weighted by atomic mass is 10.1. The first-order valence-corrected chi connectivity index (χ1v) is 6.79. The van der Waals surface area contributed by atoms with Crippen LogP contribution in [0.5, 0.6) is 11.5 Å². The van der Waals surface area contributed by atoms with E-state index in [1.807, 2.05) is 24.3 Å². The summed E-state index contributed by atoms with van der Waals surface area (Å²) in [4.78, 5) is 7.65. The molecule has 1 aromatic heterocycles. The van der Waals surface area contributed by atoms with E-state index in [1.165, 1.54) is 0 Å². The molecule has 0 bridgehead atoms. The van der Waals surface area contributed by atoms with Gasteiger partial charge in [-0.2, -0.15) is 0 Å². The number of benzene rings is 1. The first kappa shape index (κ1) is 14.5. The third-order valence-corrected chi connectivity index (χ3v) is 3.21. The van der Waals surface area contributed by atoms with Crippen molar-refractivity contribution < 1.29 is 9.47 Å². The molecule has 0 aliphatic rings. The number of aromatic amines is 1. The van der Waals surface area contributed by atoms with Gasteiger partial charge in [-0.05, 0) is 24.3 Å². The van der Waals surface area contributed by atoms with Gasteiger partial charge in [0.05, 0.1) is 14.2 Å². The molecule has 1 N–H and O–H groups in total. The van der Waals surface area contributed by atoms with E-state index in [0.29, 0.717) is 16.1 Å². The predicted molar refractivity (Wildman–Crippen MR) is 82.1 cm³/mol. The molecule has 0 spiro atoms. The monoisotopic (exact) mass is 290 g/mol. The number of methoxy groups -OCH3 is 2. The Labute approximate surface area is 123 Å². The summed E-state index contributed by atoms with van der Waals surface area (Å²) in [6.07, 6.45) is 0. The molecule has 0 saturated heterocycles. The second-order valence-electron chi connectivity index (χ2n) is 4.74. The largest absolute Gasteiger partial charge is 0.493 e. The van der Waals surface area contributed by atoms with Crippen LogP contribution in [0.25, 0.3) is 11.3 Å². The number of nitrogens with zero attached hydrogens (tertiary/aromatic N) is 1. The zero-order valence-corrected chi connectivity index (χ0v) is 12.9. The van der Waals surface area contributed by atoms with Gasteiger partial charge in [-0.15, -0.1) is 0 Å². The van der Waals surface area contributed by atoms with Gasteiger partial charge < -0.3 is 14.5 Å². The maximum atomic E-state index is 5.33. The van der Waals surface area contributed by atoms with Gasteiger partial charge >= 0.3 is 0 Å². The van der Waals surface area contributed by atoms with E-state index < -0.39 is 0 Å². The van der Waals surface area contributed by atoms with Crippen LogP contribution in [-0.2, 0) is 0 Å². The van der Waals surface area contributed by atoms with Gasteiger partial charge in [-0.1, -0.05) is 26.1 Å². The van der Waals surface area contributed by atoms with Crippen molar-refractivity contribution in [2.24, 2.45) is 0 Å². The molecule has 1 heterocycles. The van der Waals surface area contributed by atoms with Gasteiger partial charge in [-0.25, -0.2) is 4.98 Å². The van der Waals surface area contributed by atoms with Crippen molar-refractivity contribution in [1.82, 2.24) is 9.97 Å². The lowest BCUT2D eigenvalue weighted by molar-refractivity contribution is 0.355. The lowest BCUT2D eigenvalue weighted by Gasteiger charge is -2.11. The van der Waals surface area contributed by atoms with E-state index in [0.717, 1.165) is 17.1 Å².